The summed E-state index contributed by atoms with van der Waals surface area (Å²) in [4.78, 5) is 13.2. The summed E-state index contributed by atoms with van der Waals surface area (Å²) in [6.45, 7) is 3.70. The van der Waals surface area contributed by atoms with Crippen molar-refractivity contribution < 1.29 is 4.79 Å². The van der Waals surface area contributed by atoms with Crippen molar-refractivity contribution in [3.05, 3.63) is 32.8 Å². The number of carbonyl (C=O) groups is 1. The van der Waals surface area contributed by atoms with E-state index in [2.05, 4.69) is 20.8 Å². The minimum atomic E-state index is -0.175. The third-order valence-electron chi connectivity index (χ3n) is 2.78. The van der Waals surface area contributed by atoms with Gasteiger partial charge in [0, 0.05) is 16.0 Å². The molecule has 0 bridgehead atoms. The summed E-state index contributed by atoms with van der Waals surface area (Å²) in [6, 6.07) is 3.70. The molecule has 4 heteroatoms. The normalized spacial score (nSPS) is 20.3. The molecule has 0 saturated heterocycles. The molecule has 1 aromatic rings. The van der Waals surface area contributed by atoms with Crippen molar-refractivity contribution in [2.24, 2.45) is 0 Å². The third-order valence-corrected chi connectivity index (χ3v) is 3.55. The summed E-state index contributed by atoms with van der Waals surface area (Å²) in [5.74, 6) is 0. The Kier molecular flexibility index (Phi) is 3.14. The van der Waals surface area contributed by atoms with Crippen LogP contribution in [0, 0.1) is 0 Å². The highest BCUT2D eigenvalue weighted by Gasteiger charge is 2.30. The Bertz CT molecular complexity index is 408. The van der Waals surface area contributed by atoms with Gasteiger partial charge in [0.05, 0.1) is 6.04 Å². The van der Waals surface area contributed by atoms with Crippen molar-refractivity contribution >= 4 is 33.8 Å². The van der Waals surface area contributed by atoms with E-state index in [4.69, 9.17) is 11.6 Å². The number of halogens is 2. The summed E-state index contributed by atoms with van der Waals surface area (Å²) in [5, 5.41) is 0.674. The minimum Gasteiger partial charge on any atom is -0.301 e. The number of hydrogen-bond acceptors (Lipinski definition) is 2. The largest absolute Gasteiger partial charge is 0.301 e. The van der Waals surface area contributed by atoms with Crippen LogP contribution in [0.3, 0.4) is 0 Å². The maximum Gasteiger partial charge on any atom is 0.141 e. The molecular formula is C11H11BrClNO. The van der Waals surface area contributed by atoms with Crippen LogP contribution in [0.4, 0.5) is 0 Å². The number of carbonyl (C=O) groups excluding carboxylic acids is 1. The molecule has 0 aliphatic carbocycles. The van der Waals surface area contributed by atoms with Crippen LogP contribution in [-0.2, 0) is 11.3 Å². The van der Waals surface area contributed by atoms with Crippen molar-refractivity contribution in [1.29, 1.82) is 0 Å². The second-order valence-electron chi connectivity index (χ2n) is 3.60. The molecule has 2 rings (SSSR count). The van der Waals surface area contributed by atoms with E-state index in [0.717, 1.165) is 35.0 Å². The van der Waals surface area contributed by atoms with Gasteiger partial charge in [-0.25, -0.2) is 0 Å². The van der Waals surface area contributed by atoms with Gasteiger partial charge in [0.25, 0.3) is 0 Å². The summed E-state index contributed by atoms with van der Waals surface area (Å²) < 4.78 is 0.967. The summed E-state index contributed by atoms with van der Waals surface area (Å²) in [6.07, 6.45) is 0.967. The van der Waals surface area contributed by atoms with E-state index in [-0.39, 0.29) is 6.04 Å². The lowest BCUT2D eigenvalue weighted by molar-refractivity contribution is -0.112. The van der Waals surface area contributed by atoms with Gasteiger partial charge in [-0.05, 0) is 29.8 Å². The molecule has 0 aromatic heterocycles. The molecule has 0 saturated carbocycles. The molecule has 15 heavy (non-hydrogen) atoms. The Morgan fingerprint density at radius 2 is 2.40 bits per heavy atom. The number of fused-ring (bicyclic) bond motifs is 1. The van der Waals surface area contributed by atoms with Crippen molar-refractivity contribution in [2.45, 2.75) is 19.5 Å². The number of hydrogen-bond donors (Lipinski definition) is 0. The van der Waals surface area contributed by atoms with Crippen molar-refractivity contribution in [3.8, 4) is 0 Å². The summed E-state index contributed by atoms with van der Waals surface area (Å²) in [5.41, 5.74) is 2.12. The van der Waals surface area contributed by atoms with Crippen LogP contribution < -0.4 is 0 Å². The van der Waals surface area contributed by atoms with Crippen LogP contribution in [0.1, 0.15) is 24.1 Å². The van der Waals surface area contributed by atoms with Gasteiger partial charge in [-0.3, -0.25) is 4.90 Å². The Hall–Kier alpha value is -0.380. The Morgan fingerprint density at radius 1 is 1.67 bits per heavy atom. The zero-order valence-corrected chi connectivity index (χ0v) is 10.7. The van der Waals surface area contributed by atoms with Gasteiger partial charge in [0.1, 0.15) is 6.29 Å². The Morgan fingerprint density at radius 3 is 3.00 bits per heavy atom. The van der Waals surface area contributed by atoms with Crippen LogP contribution in [0.25, 0.3) is 0 Å². The first-order chi connectivity index (χ1) is 7.17. The topological polar surface area (TPSA) is 20.3 Å². The molecule has 0 amide bonds. The van der Waals surface area contributed by atoms with Gasteiger partial charge in [0.15, 0.2) is 0 Å². The first-order valence-electron chi connectivity index (χ1n) is 4.84. The lowest BCUT2D eigenvalue weighted by atomic mass is 10.1. The van der Waals surface area contributed by atoms with Crippen LogP contribution in [0.15, 0.2) is 16.6 Å². The molecule has 0 spiro atoms. The number of aldehydes is 1. The van der Waals surface area contributed by atoms with Crippen LogP contribution in [-0.4, -0.2) is 17.7 Å². The fraction of sp³-hybridized carbons (Fsp3) is 0.364. The lowest BCUT2D eigenvalue weighted by Gasteiger charge is -2.17. The Balaban J connectivity index is 2.52. The molecular weight excluding hydrogens is 277 g/mol. The fourth-order valence-corrected chi connectivity index (χ4v) is 3.05. The van der Waals surface area contributed by atoms with E-state index in [9.17, 15) is 4.79 Å². The third kappa shape index (κ3) is 1.84. The van der Waals surface area contributed by atoms with Gasteiger partial charge in [-0.2, -0.15) is 0 Å². The van der Waals surface area contributed by atoms with Crippen LogP contribution >= 0.6 is 27.5 Å². The number of likely N-dealkylation sites (N-methyl/N-ethyl adjacent to an activating group) is 1. The monoisotopic (exact) mass is 287 g/mol. The molecule has 1 atom stereocenters. The Labute approximate surface area is 102 Å². The van der Waals surface area contributed by atoms with Gasteiger partial charge in [0.2, 0.25) is 0 Å². The van der Waals surface area contributed by atoms with Gasteiger partial charge >= 0.3 is 0 Å². The van der Waals surface area contributed by atoms with Crippen molar-refractivity contribution in [3.63, 3.8) is 0 Å². The zero-order chi connectivity index (χ0) is 11.0. The molecule has 80 valence electrons. The average molecular weight is 289 g/mol. The second-order valence-corrected chi connectivity index (χ2v) is 4.93. The molecule has 1 aromatic carbocycles. The van der Waals surface area contributed by atoms with E-state index in [1.54, 1.807) is 0 Å². The molecule has 0 radical (unpaired) electrons. The number of nitrogens with zero attached hydrogens (tertiary/aromatic N) is 1. The average Bonchev–Trinajstić information content (AvgIpc) is 2.55. The predicted octanol–water partition coefficient (Wildman–Crippen LogP) is 3.18. The fourth-order valence-electron chi connectivity index (χ4n) is 2.06. The van der Waals surface area contributed by atoms with E-state index in [1.807, 2.05) is 19.1 Å². The van der Waals surface area contributed by atoms with Crippen LogP contribution in [0.2, 0.25) is 5.02 Å². The van der Waals surface area contributed by atoms with Crippen LogP contribution in [0.5, 0.6) is 0 Å². The zero-order valence-electron chi connectivity index (χ0n) is 8.34. The molecule has 1 heterocycles. The lowest BCUT2D eigenvalue weighted by Crippen LogP contribution is -2.22. The highest BCUT2D eigenvalue weighted by molar-refractivity contribution is 9.10. The van der Waals surface area contributed by atoms with Crippen molar-refractivity contribution in [2.75, 3.05) is 6.54 Å². The molecule has 1 unspecified atom stereocenters. The van der Waals surface area contributed by atoms with Gasteiger partial charge in [-0.15, -0.1) is 0 Å². The smallest absolute Gasteiger partial charge is 0.141 e. The molecule has 0 fully saturated rings. The number of rotatable bonds is 2. The van der Waals surface area contributed by atoms with E-state index in [1.165, 1.54) is 0 Å². The van der Waals surface area contributed by atoms with E-state index >= 15 is 0 Å². The maximum atomic E-state index is 11.1. The van der Waals surface area contributed by atoms with E-state index < -0.39 is 0 Å². The highest BCUT2D eigenvalue weighted by Crippen LogP contribution is 2.38. The second kappa shape index (κ2) is 4.24. The highest BCUT2D eigenvalue weighted by atomic mass is 79.9. The molecule has 2 nitrogen and oxygen atoms in total. The first-order valence-corrected chi connectivity index (χ1v) is 6.01. The first kappa shape index (κ1) is 11.1. The summed E-state index contributed by atoms with van der Waals surface area (Å²) >= 11 is 9.56. The SMILES string of the molecule is CCN1Cc2cc(Br)cc(Cl)c2C1C=O. The quantitative estimate of drug-likeness (QED) is 0.779. The van der Waals surface area contributed by atoms with Gasteiger partial charge < -0.3 is 4.79 Å². The maximum absolute atomic E-state index is 11.1. The minimum absolute atomic E-state index is 0.175. The van der Waals surface area contributed by atoms with Crippen molar-refractivity contribution in [1.82, 2.24) is 4.90 Å². The molecule has 0 N–H and O–H groups in total. The molecule has 1 aliphatic rings. The standard InChI is InChI=1S/C11H11BrClNO/c1-2-14-5-7-3-8(12)4-9(13)11(7)10(14)6-15/h3-4,6,10H,2,5H2,1H3. The van der Waals surface area contributed by atoms with E-state index in [0.29, 0.717) is 5.02 Å². The summed E-state index contributed by atoms with van der Waals surface area (Å²) in [7, 11) is 0. The molecule has 1 aliphatic heterocycles. The van der Waals surface area contributed by atoms with Gasteiger partial charge in [-0.1, -0.05) is 34.5 Å². The number of benzene rings is 1. The predicted molar refractivity (Wildman–Crippen MR) is 64.0 cm³/mol.